The molecule has 1 amide bonds. The molecule has 0 aromatic rings. The zero-order valence-corrected chi connectivity index (χ0v) is 10.7. The molecule has 2 atom stereocenters. The van der Waals surface area contributed by atoms with Gasteiger partial charge < -0.3 is 11.1 Å². The lowest BCUT2D eigenvalue weighted by Crippen LogP contribution is -2.49. The van der Waals surface area contributed by atoms with Crippen LogP contribution in [0.3, 0.4) is 0 Å². The highest BCUT2D eigenvalue weighted by Gasteiger charge is 2.30. The molecular formula is C12H25N3O. The smallest absolute Gasteiger partial charge is 0.237 e. The van der Waals surface area contributed by atoms with E-state index in [0.29, 0.717) is 18.5 Å². The highest BCUT2D eigenvalue weighted by molar-refractivity contribution is 5.81. The van der Waals surface area contributed by atoms with Gasteiger partial charge in [0.15, 0.2) is 0 Å². The minimum atomic E-state index is -0.0465. The molecule has 1 aliphatic rings. The Hall–Kier alpha value is -0.610. The van der Waals surface area contributed by atoms with E-state index in [1.807, 2.05) is 6.92 Å². The van der Waals surface area contributed by atoms with Crippen LogP contribution in [0.15, 0.2) is 0 Å². The van der Waals surface area contributed by atoms with E-state index in [1.165, 1.54) is 0 Å². The number of rotatable bonds is 5. The molecule has 0 aromatic carbocycles. The van der Waals surface area contributed by atoms with Crippen LogP contribution in [0.2, 0.25) is 0 Å². The number of nitrogens with zero attached hydrogens (tertiary/aromatic N) is 1. The van der Waals surface area contributed by atoms with Crippen LogP contribution in [0, 0.1) is 5.92 Å². The van der Waals surface area contributed by atoms with E-state index in [4.69, 9.17) is 5.73 Å². The molecule has 0 aliphatic carbocycles. The molecule has 1 aliphatic heterocycles. The summed E-state index contributed by atoms with van der Waals surface area (Å²) in [7, 11) is 0. The van der Waals surface area contributed by atoms with Crippen LogP contribution in [0.4, 0.5) is 0 Å². The second kappa shape index (κ2) is 6.21. The Morgan fingerprint density at radius 2 is 2.19 bits per heavy atom. The molecule has 0 radical (unpaired) electrons. The Balaban J connectivity index is 2.43. The van der Waals surface area contributed by atoms with Gasteiger partial charge in [-0.05, 0) is 32.2 Å². The normalized spacial score (nSPS) is 23.7. The molecule has 0 spiro atoms. The van der Waals surface area contributed by atoms with Gasteiger partial charge in [0.2, 0.25) is 5.91 Å². The summed E-state index contributed by atoms with van der Waals surface area (Å²) in [6, 6.07) is 0.342. The van der Waals surface area contributed by atoms with Crippen LogP contribution in [-0.4, -0.2) is 42.5 Å². The molecular weight excluding hydrogens is 202 g/mol. The lowest BCUT2D eigenvalue weighted by Gasteiger charge is -2.29. The van der Waals surface area contributed by atoms with Crippen LogP contribution >= 0.6 is 0 Å². The number of carbonyl (C=O) groups excluding carboxylic acids is 1. The fourth-order valence-electron chi connectivity index (χ4n) is 2.22. The number of carbonyl (C=O) groups is 1. The molecule has 0 aromatic heterocycles. The summed E-state index contributed by atoms with van der Waals surface area (Å²) in [5.74, 6) is 0.633. The maximum absolute atomic E-state index is 11.9. The minimum Gasteiger partial charge on any atom is -0.354 e. The van der Waals surface area contributed by atoms with Crippen molar-refractivity contribution in [1.29, 1.82) is 0 Å². The fourth-order valence-corrected chi connectivity index (χ4v) is 2.22. The van der Waals surface area contributed by atoms with E-state index < -0.39 is 0 Å². The average molecular weight is 227 g/mol. The topological polar surface area (TPSA) is 58.4 Å². The molecule has 4 heteroatoms. The fraction of sp³-hybridized carbons (Fsp3) is 0.917. The van der Waals surface area contributed by atoms with Crippen LogP contribution in [-0.2, 0) is 4.79 Å². The zero-order chi connectivity index (χ0) is 12.1. The average Bonchev–Trinajstić information content (AvgIpc) is 2.72. The summed E-state index contributed by atoms with van der Waals surface area (Å²) in [5, 5.41) is 2.98. The number of hydrogen-bond acceptors (Lipinski definition) is 3. The predicted molar refractivity (Wildman–Crippen MR) is 66.1 cm³/mol. The molecule has 0 bridgehead atoms. The molecule has 1 rings (SSSR count). The largest absolute Gasteiger partial charge is 0.354 e. The first-order chi connectivity index (χ1) is 7.56. The van der Waals surface area contributed by atoms with E-state index >= 15 is 0 Å². The predicted octanol–water partition coefficient (Wildman–Crippen LogP) is 0.570. The highest BCUT2D eigenvalue weighted by Crippen LogP contribution is 2.19. The Bertz CT molecular complexity index is 230. The summed E-state index contributed by atoms with van der Waals surface area (Å²) < 4.78 is 0. The minimum absolute atomic E-state index is 0.0465. The number of amides is 1. The van der Waals surface area contributed by atoms with E-state index in [-0.39, 0.29) is 11.9 Å². The SMILES string of the molecule is CC(C)CNC(=O)C(C)N1CCCC1CN. The number of likely N-dealkylation sites (tertiary alicyclic amines) is 1. The van der Waals surface area contributed by atoms with Crippen molar-refractivity contribution in [1.82, 2.24) is 10.2 Å². The molecule has 94 valence electrons. The van der Waals surface area contributed by atoms with E-state index in [0.717, 1.165) is 25.9 Å². The third-order valence-electron chi connectivity index (χ3n) is 3.26. The molecule has 3 N–H and O–H groups in total. The molecule has 2 unspecified atom stereocenters. The second-order valence-corrected chi connectivity index (χ2v) is 5.08. The van der Waals surface area contributed by atoms with Crippen LogP contribution in [0.1, 0.15) is 33.6 Å². The molecule has 1 fully saturated rings. The van der Waals surface area contributed by atoms with Gasteiger partial charge >= 0.3 is 0 Å². The molecule has 4 nitrogen and oxygen atoms in total. The standard InChI is InChI=1S/C12H25N3O/c1-9(2)8-14-12(16)10(3)15-6-4-5-11(15)7-13/h9-11H,4-8,13H2,1-3H3,(H,14,16). The summed E-state index contributed by atoms with van der Waals surface area (Å²) in [6.07, 6.45) is 2.28. The van der Waals surface area contributed by atoms with Gasteiger partial charge in [-0.1, -0.05) is 13.8 Å². The van der Waals surface area contributed by atoms with Gasteiger partial charge in [0.25, 0.3) is 0 Å². The lowest BCUT2D eigenvalue weighted by atomic mass is 10.1. The van der Waals surface area contributed by atoms with Crippen molar-refractivity contribution in [3.05, 3.63) is 0 Å². The van der Waals surface area contributed by atoms with E-state index in [1.54, 1.807) is 0 Å². The van der Waals surface area contributed by atoms with Gasteiger partial charge in [-0.25, -0.2) is 0 Å². The summed E-state index contributed by atoms with van der Waals surface area (Å²) in [4.78, 5) is 14.1. The first kappa shape index (κ1) is 13.5. The van der Waals surface area contributed by atoms with E-state index in [9.17, 15) is 4.79 Å². The van der Waals surface area contributed by atoms with Gasteiger partial charge in [-0.15, -0.1) is 0 Å². The molecule has 1 saturated heterocycles. The van der Waals surface area contributed by atoms with Crippen molar-refractivity contribution in [3.8, 4) is 0 Å². The van der Waals surface area contributed by atoms with Gasteiger partial charge in [0.05, 0.1) is 6.04 Å². The van der Waals surface area contributed by atoms with Crippen molar-refractivity contribution in [2.24, 2.45) is 11.7 Å². The maximum atomic E-state index is 11.9. The maximum Gasteiger partial charge on any atom is 0.237 e. The van der Waals surface area contributed by atoms with Gasteiger partial charge in [-0.2, -0.15) is 0 Å². The Morgan fingerprint density at radius 1 is 1.50 bits per heavy atom. The van der Waals surface area contributed by atoms with Gasteiger partial charge in [0, 0.05) is 19.1 Å². The molecule has 16 heavy (non-hydrogen) atoms. The summed E-state index contributed by atoms with van der Waals surface area (Å²) in [6.45, 7) is 8.58. The summed E-state index contributed by atoms with van der Waals surface area (Å²) >= 11 is 0. The highest BCUT2D eigenvalue weighted by atomic mass is 16.2. The summed E-state index contributed by atoms with van der Waals surface area (Å²) in [5.41, 5.74) is 5.71. The first-order valence-corrected chi connectivity index (χ1v) is 6.29. The number of nitrogens with two attached hydrogens (primary N) is 1. The first-order valence-electron chi connectivity index (χ1n) is 6.29. The van der Waals surface area contributed by atoms with Crippen LogP contribution in [0.25, 0.3) is 0 Å². The van der Waals surface area contributed by atoms with Crippen molar-refractivity contribution >= 4 is 5.91 Å². The van der Waals surface area contributed by atoms with Gasteiger partial charge in [-0.3, -0.25) is 9.69 Å². The Morgan fingerprint density at radius 3 is 2.75 bits per heavy atom. The third kappa shape index (κ3) is 3.46. The van der Waals surface area contributed by atoms with Crippen LogP contribution < -0.4 is 11.1 Å². The monoisotopic (exact) mass is 227 g/mol. The Labute approximate surface area is 98.6 Å². The second-order valence-electron chi connectivity index (χ2n) is 5.08. The molecule has 0 saturated carbocycles. The van der Waals surface area contributed by atoms with Gasteiger partial charge in [0.1, 0.15) is 0 Å². The number of hydrogen-bond donors (Lipinski definition) is 2. The Kier molecular flexibility index (Phi) is 5.22. The quantitative estimate of drug-likeness (QED) is 0.722. The van der Waals surface area contributed by atoms with Crippen molar-refractivity contribution in [2.45, 2.75) is 45.7 Å². The van der Waals surface area contributed by atoms with Crippen molar-refractivity contribution in [3.63, 3.8) is 0 Å². The third-order valence-corrected chi connectivity index (χ3v) is 3.26. The van der Waals surface area contributed by atoms with Crippen LogP contribution in [0.5, 0.6) is 0 Å². The number of nitrogens with one attached hydrogen (secondary N) is 1. The molecule has 1 heterocycles. The van der Waals surface area contributed by atoms with Crippen molar-refractivity contribution in [2.75, 3.05) is 19.6 Å². The van der Waals surface area contributed by atoms with Crippen molar-refractivity contribution < 1.29 is 4.79 Å². The lowest BCUT2D eigenvalue weighted by molar-refractivity contribution is -0.126. The van der Waals surface area contributed by atoms with E-state index in [2.05, 4.69) is 24.1 Å². The zero-order valence-electron chi connectivity index (χ0n) is 10.7.